The van der Waals surface area contributed by atoms with Crippen LogP contribution in [-0.4, -0.2) is 193 Å². The van der Waals surface area contributed by atoms with Crippen molar-refractivity contribution in [1.29, 1.82) is 0 Å². The summed E-state index contributed by atoms with van der Waals surface area (Å²) in [6.45, 7) is 1.78. The molecule has 0 aliphatic carbocycles. The molecular weight excluding hydrogens is 1270 g/mol. The van der Waals surface area contributed by atoms with Gasteiger partial charge in [0, 0.05) is 6.42 Å². The summed E-state index contributed by atoms with van der Waals surface area (Å²) in [5, 5.41) is 121. The van der Waals surface area contributed by atoms with E-state index in [-0.39, 0.29) is 18.9 Å². The molecule has 3 aliphatic heterocycles. The van der Waals surface area contributed by atoms with E-state index in [2.05, 4.69) is 31.3 Å². The van der Waals surface area contributed by atoms with Crippen molar-refractivity contribution in [2.75, 3.05) is 26.4 Å². The predicted octanol–water partition coefficient (Wildman–Crippen LogP) is 14.1. The van der Waals surface area contributed by atoms with E-state index in [0.717, 1.165) is 38.5 Å². The second-order valence-corrected chi connectivity index (χ2v) is 29.9. The van der Waals surface area contributed by atoms with Crippen LogP contribution in [0.3, 0.4) is 0 Å². The van der Waals surface area contributed by atoms with E-state index >= 15 is 0 Å². The van der Waals surface area contributed by atoms with Crippen molar-refractivity contribution in [2.45, 2.75) is 458 Å². The molecule has 17 unspecified atom stereocenters. The molecule has 3 aliphatic rings. The lowest BCUT2D eigenvalue weighted by Crippen LogP contribution is -2.66. The Balaban J connectivity index is 1.34. The minimum atomic E-state index is -1.98. The molecule has 3 heterocycles. The monoisotopic (exact) mass is 1430 g/mol. The third kappa shape index (κ3) is 42.0. The SMILES string of the molecule is CCCCCCCCCCCCCCCCC/C=C/CC/C=C/C(O)C(COC1OC(CO)C(OC2OC(CO)C(OC3OC(CO)C(O)C(O)C3O)C(O)C2O)C(O)C1O)NC(=O)CCCCCCCCCCCCCCCCCCCCCCCCCCCCCCCCCCCC. The summed E-state index contributed by atoms with van der Waals surface area (Å²) in [4.78, 5) is 13.5. The molecule has 0 aromatic carbocycles. The molecule has 3 fully saturated rings. The number of nitrogens with one attached hydrogen (secondary N) is 1. The van der Waals surface area contributed by atoms with Gasteiger partial charge in [-0.15, -0.1) is 0 Å². The standard InChI is InChI=1S/C81H153NO18/c1-3-5-7-9-11-13-15-17-19-21-23-25-26-27-28-29-30-31-32-33-34-35-36-37-39-41-43-45-47-49-51-53-55-57-59-69(87)82-64(65(86)58-56-54-52-50-48-46-44-42-40-38-24-22-20-18-16-14-12-10-8-6-4-2)63-95-79-75(93)72(90)77(67(61-84)97-79)100-81-76(94)73(91)78(68(62-85)98-81)99-80-74(92)71(89)70(88)66(60-83)96-80/h48,50,56,58,64-68,70-81,83-86,88-94H,3-47,49,51-55,57,59-63H2,1-2H3,(H,82,87)/b50-48+,58-56+. The van der Waals surface area contributed by atoms with Crippen LogP contribution >= 0.6 is 0 Å². The molecule has 19 heteroatoms. The van der Waals surface area contributed by atoms with E-state index in [0.29, 0.717) is 12.8 Å². The third-order valence-electron chi connectivity index (χ3n) is 21.0. The molecule has 0 aromatic rings. The summed E-state index contributed by atoms with van der Waals surface area (Å²) in [7, 11) is 0. The van der Waals surface area contributed by atoms with Gasteiger partial charge < -0.3 is 89.9 Å². The average Bonchev–Trinajstić information content (AvgIpc) is 0.783. The number of ether oxygens (including phenoxy) is 6. The van der Waals surface area contributed by atoms with Crippen molar-refractivity contribution < 1.29 is 89.4 Å². The van der Waals surface area contributed by atoms with Gasteiger partial charge in [-0.2, -0.15) is 0 Å². The highest BCUT2D eigenvalue weighted by Crippen LogP contribution is 2.33. The zero-order valence-electron chi connectivity index (χ0n) is 63.2. The first-order chi connectivity index (χ1) is 48.8. The molecule has 0 bridgehead atoms. The van der Waals surface area contributed by atoms with Crippen molar-refractivity contribution in [3.05, 3.63) is 24.3 Å². The minimum Gasteiger partial charge on any atom is -0.394 e. The molecule has 100 heavy (non-hydrogen) atoms. The molecule has 0 saturated carbocycles. The first kappa shape index (κ1) is 92.5. The Morgan fingerprint density at radius 3 is 1.00 bits per heavy atom. The van der Waals surface area contributed by atoms with Crippen LogP contribution in [-0.2, 0) is 33.2 Å². The molecule has 17 atom stereocenters. The van der Waals surface area contributed by atoms with Crippen LogP contribution in [0.1, 0.15) is 354 Å². The molecule has 590 valence electrons. The highest BCUT2D eigenvalue weighted by molar-refractivity contribution is 5.76. The third-order valence-corrected chi connectivity index (χ3v) is 21.0. The largest absolute Gasteiger partial charge is 0.394 e. The maximum atomic E-state index is 13.5. The van der Waals surface area contributed by atoms with Crippen LogP contribution in [0.25, 0.3) is 0 Å². The van der Waals surface area contributed by atoms with Crippen LogP contribution < -0.4 is 5.32 Å². The Kier molecular flexibility index (Phi) is 57.6. The van der Waals surface area contributed by atoms with Crippen LogP contribution in [0.15, 0.2) is 24.3 Å². The zero-order chi connectivity index (χ0) is 72.5. The lowest BCUT2D eigenvalue weighted by molar-refractivity contribution is -0.379. The fourth-order valence-electron chi connectivity index (χ4n) is 14.3. The van der Waals surface area contributed by atoms with E-state index in [9.17, 15) is 61.0 Å². The first-order valence-electron chi connectivity index (χ1n) is 41.6. The quantitative estimate of drug-likeness (QED) is 0.0199. The van der Waals surface area contributed by atoms with E-state index in [1.165, 1.54) is 283 Å². The van der Waals surface area contributed by atoms with E-state index in [1.807, 2.05) is 6.08 Å². The average molecular weight is 1430 g/mol. The van der Waals surface area contributed by atoms with Gasteiger partial charge in [0.1, 0.15) is 73.2 Å². The van der Waals surface area contributed by atoms with Gasteiger partial charge in [-0.25, -0.2) is 0 Å². The Bertz CT molecular complexity index is 1900. The van der Waals surface area contributed by atoms with Crippen LogP contribution in [0.4, 0.5) is 0 Å². The molecule has 0 aromatic heterocycles. The number of amides is 1. The van der Waals surface area contributed by atoms with Crippen molar-refractivity contribution in [2.24, 2.45) is 0 Å². The number of aliphatic hydroxyl groups excluding tert-OH is 11. The Hall–Kier alpha value is -1.73. The molecular formula is C81H153NO18. The van der Waals surface area contributed by atoms with Crippen molar-refractivity contribution in [3.8, 4) is 0 Å². The molecule has 0 radical (unpaired) electrons. The number of allylic oxidation sites excluding steroid dienone is 3. The topological polar surface area (TPSA) is 307 Å². The number of unbranched alkanes of at least 4 members (excludes halogenated alkanes) is 49. The van der Waals surface area contributed by atoms with Gasteiger partial charge in [-0.3, -0.25) is 4.79 Å². The number of carbonyl (C=O) groups excluding carboxylic acids is 1. The number of hydrogen-bond donors (Lipinski definition) is 12. The summed E-state index contributed by atoms with van der Waals surface area (Å²) in [5.41, 5.74) is 0. The summed E-state index contributed by atoms with van der Waals surface area (Å²) in [6.07, 6.45) is 49.0. The number of rotatable bonds is 67. The van der Waals surface area contributed by atoms with E-state index in [4.69, 9.17) is 28.4 Å². The Morgan fingerprint density at radius 2 is 0.640 bits per heavy atom. The molecule has 3 saturated heterocycles. The lowest BCUT2D eigenvalue weighted by atomic mass is 9.96. The van der Waals surface area contributed by atoms with Gasteiger partial charge in [0.05, 0.1) is 38.6 Å². The zero-order valence-corrected chi connectivity index (χ0v) is 63.2. The second-order valence-electron chi connectivity index (χ2n) is 29.9. The molecule has 0 spiro atoms. The highest BCUT2D eigenvalue weighted by Gasteiger charge is 2.54. The molecule has 12 N–H and O–H groups in total. The summed E-state index contributed by atoms with van der Waals surface area (Å²) in [6, 6.07) is -0.988. The number of hydrogen-bond acceptors (Lipinski definition) is 18. The van der Waals surface area contributed by atoms with Gasteiger partial charge in [0.2, 0.25) is 5.91 Å². The van der Waals surface area contributed by atoms with E-state index in [1.54, 1.807) is 6.08 Å². The number of carbonyl (C=O) groups is 1. The van der Waals surface area contributed by atoms with Gasteiger partial charge in [0.15, 0.2) is 18.9 Å². The first-order valence-corrected chi connectivity index (χ1v) is 41.6. The maximum Gasteiger partial charge on any atom is 0.220 e. The summed E-state index contributed by atoms with van der Waals surface area (Å²) >= 11 is 0. The van der Waals surface area contributed by atoms with Crippen LogP contribution in [0, 0.1) is 0 Å². The smallest absolute Gasteiger partial charge is 0.220 e. The van der Waals surface area contributed by atoms with Gasteiger partial charge in [-0.05, 0) is 32.1 Å². The Morgan fingerprint density at radius 1 is 0.350 bits per heavy atom. The molecule has 19 nitrogen and oxygen atoms in total. The highest BCUT2D eigenvalue weighted by atomic mass is 16.8. The van der Waals surface area contributed by atoms with Crippen molar-refractivity contribution in [3.63, 3.8) is 0 Å². The fourth-order valence-corrected chi connectivity index (χ4v) is 14.3. The van der Waals surface area contributed by atoms with E-state index < -0.39 is 124 Å². The van der Waals surface area contributed by atoms with Gasteiger partial charge in [0.25, 0.3) is 0 Å². The van der Waals surface area contributed by atoms with Gasteiger partial charge >= 0.3 is 0 Å². The maximum absolute atomic E-state index is 13.5. The van der Waals surface area contributed by atoms with Crippen LogP contribution in [0.5, 0.6) is 0 Å². The molecule has 1 amide bonds. The lowest BCUT2D eigenvalue weighted by Gasteiger charge is -2.48. The van der Waals surface area contributed by atoms with Crippen LogP contribution in [0.2, 0.25) is 0 Å². The second kappa shape index (κ2) is 62.3. The van der Waals surface area contributed by atoms with Crippen molar-refractivity contribution in [1.82, 2.24) is 5.32 Å². The normalized spacial score (nSPS) is 26.5. The molecule has 3 rings (SSSR count). The summed E-state index contributed by atoms with van der Waals surface area (Å²) < 4.78 is 34.4. The van der Waals surface area contributed by atoms with Gasteiger partial charge in [-0.1, -0.05) is 340 Å². The Labute approximate surface area is 607 Å². The summed E-state index contributed by atoms with van der Waals surface area (Å²) in [5.74, 6) is -0.277. The van der Waals surface area contributed by atoms with Crippen molar-refractivity contribution >= 4 is 5.91 Å². The minimum absolute atomic E-state index is 0.241. The fraction of sp³-hybridized carbons (Fsp3) is 0.938. The number of aliphatic hydroxyl groups is 11. The predicted molar refractivity (Wildman–Crippen MR) is 397 cm³/mol.